The van der Waals surface area contributed by atoms with Gasteiger partial charge in [0.05, 0.1) is 0 Å². The second-order valence-electron chi connectivity index (χ2n) is 5.97. The molecule has 0 spiro atoms. The number of rotatable bonds is 4. The van der Waals surface area contributed by atoms with E-state index in [9.17, 15) is 4.79 Å². The van der Waals surface area contributed by atoms with Crippen LogP contribution in [-0.2, 0) is 4.79 Å². The molecular formula is C19H24N2O. The SMILES string of the molecule is Cc1ccc(NC(C)C(=O)Nc2ccc(C)c(C)c2)c(C)c1. The minimum Gasteiger partial charge on any atom is -0.374 e. The number of anilines is 2. The summed E-state index contributed by atoms with van der Waals surface area (Å²) < 4.78 is 0. The Morgan fingerprint density at radius 3 is 2.27 bits per heavy atom. The van der Waals surface area contributed by atoms with Crippen LogP contribution in [-0.4, -0.2) is 11.9 Å². The van der Waals surface area contributed by atoms with E-state index in [4.69, 9.17) is 0 Å². The largest absolute Gasteiger partial charge is 0.374 e. The topological polar surface area (TPSA) is 41.1 Å². The average Bonchev–Trinajstić information content (AvgIpc) is 2.45. The van der Waals surface area contributed by atoms with E-state index in [2.05, 4.69) is 30.5 Å². The summed E-state index contributed by atoms with van der Waals surface area (Å²) in [5.41, 5.74) is 6.59. The summed E-state index contributed by atoms with van der Waals surface area (Å²) in [6, 6.07) is 11.8. The average molecular weight is 296 g/mol. The highest BCUT2D eigenvalue weighted by Crippen LogP contribution is 2.18. The van der Waals surface area contributed by atoms with Gasteiger partial charge in [-0.15, -0.1) is 0 Å². The number of amides is 1. The van der Waals surface area contributed by atoms with Crippen LogP contribution in [0, 0.1) is 27.7 Å². The second-order valence-corrected chi connectivity index (χ2v) is 5.97. The molecule has 22 heavy (non-hydrogen) atoms. The third kappa shape index (κ3) is 3.88. The van der Waals surface area contributed by atoms with Gasteiger partial charge in [-0.05, 0) is 69.5 Å². The van der Waals surface area contributed by atoms with Crippen molar-refractivity contribution < 1.29 is 4.79 Å². The lowest BCUT2D eigenvalue weighted by atomic mass is 10.1. The third-order valence-electron chi connectivity index (χ3n) is 3.92. The standard InChI is InChI=1S/C19H24N2O/c1-12-6-9-18(15(4)10-12)20-16(5)19(22)21-17-8-7-13(2)14(3)11-17/h6-11,16,20H,1-5H3,(H,21,22). The van der Waals surface area contributed by atoms with Crippen LogP contribution >= 0.6 is 0 Å². The number of carbonyl (C=O) groups excluding carboxylic acids is 1. The minimum absolute atomic E-state index is 0.0387. The van der Waals surface area contributed by atoms with Crippen LogP contribution in [0.25, 0.3) is 0 Å². The normalized spacial score (nSPS) is 11.9. The van der Waals surface area contributed by atoms with Crippen molar-refractivity contribution in [2.45, 2.75) is 40.7 Å². The Hall–Kier alpha value is -2.29. The van der Waals surface area contributed by atoms with Gasteiger partial charge in [0.1, 0.15) is 6.04 Å². The molecule has 0 saturated heterocycles. The number of benzene rings is 2. The fourth-order valence-corrected chi connectivity index (χ4v) is 2.34. The van der Waals surface area contributed by atoms with Crippen molar-refractivity contribution in [2.75, 3.05) is 10.6 Å². The molecule has 2 aromatic rings. The lowest BCUT2D eigenvalue weighted by molar-refractivity contribution is -0.116. The molecule has 0 fully saturated rings. The molecular weight excluding hydrogens is 272 g/mol. The Labute approximate surface area is 132 Å². The maximum atomic E-state index is 12.3. The third-order valence-corrected chi connectivity index (χ3v) is 3.92. The first-order chi connectivity index (χ1) is 10.4. The molecule has 0 radical (unpaired) electrons. The van der Waals surface area contributed by atoms with E-state index in [1.165, 1.54) is 16.7 Å². The van der Waals surface area contributed by atoms with Crippen molar-refractivity contribution in [3.05, 3.63) is 58.7 Å². The van der Waals surface area contributed by atoms with Crippen LogP contribution in [0.2, 0.25) is 0 Å². The van der Waals surface area contributed by atoms with Crippen molar-refractivity contribution in [3.63, 3.8) is 0 Å². The van der Waals surface area contributed by atoms with Crippen molar-refractivity contribution in [1.29, 1.82) is 0 Å². The van der Waals surface area contributed by atoms with Crippen LogP contribution in [0.5, 0.6) is 0 Å². The highest BCUT2D eigenvalue weighted by Gasteiger charge is 2.14. The first-order valence-electron chi connectivity index (χ1n) is 7.58. The molecule has 1 amide bonds. The summed E-state index contributed by atoms with van der Waals surface area (Å²) in [4.78, 5) is 12.3. The van der Waals surface area contributed by atoms with Gasteiger partial charge in [0.2, 0.25) is 5.91 Å². The zero-order chi connectivity index (χ0) is 16.3. The number of carbonyl (C=O) groups is 1. The van der Waals surface area contributed by atoms with Crippen LogP contribution in [0.4, 0.5) is 11.4 Å². The van der Waals surface area contributed by atoms with E-state index in [0.717, 1.165) is 16.9 Å². The van der Waals surface area contributed by atoms with E-state index in [1.54, 1.807) is 0 Å². The first kappa shape index (κ1) is 16.1. The molecule has 0 heterocycles. The number of aryl methyl sites for hydroxylation is 4. The monoisotopic (exact) mass is 296 g/mol. The van der Waals surface area contributed by atoms with E-state index in [1.807, 2.05) is 51.1 Å². The second kappa shape index (κ2) is 6.65. The van der Waals surface area contributed by atoms with Crippen molar-refractivity contribution >= 4 is 17.3 Å². The highest BCUT2D eigenvalue weighted by molar-refractivity contribution is 5.96. The van der Waals surface area contributed by atoms with E-state index < -0.39 is 0 Å². The summed E-state index contributed by atoms with van der Waals surface area (Å²) >= 11 is 0. The van der Waals surface area contributed by atoms with E-state index in [0.29, 0.717) is 0 Å². The maximum absolute atomic E-state index is 12.3. The lowest BCUT2D eigenvalue weighted by Crippen LogP contribution is -2.32. The van der Waals surface area contributed by atoms with Gasteiger partial charge in [0.15, 0.2) is 0 Å². The summed E-state index contributed by atoms with van der Waals surface area (Å²) in [5, 5.41) is 6.23. The Balaban J connectivity index is 2.04. The van der Waals surface area contributed by atoms with Gasteiger partial charge in [-0.2, -0.15) is 0 Å². The van der Waals surface area contributed by atoms with Crippen molar-refractivity contribution in [2.24, 2.45) is 0 Å². The van der Waals surface area contributed by atoms with Crippen molar-refractivity contribution in [1.82, 2.24) is 0 Å². The van der Waals surface area contributed by atoms with Gasteiger partial charge in [-0.25, -0.2) is 0 Å². The molecule has 1 unspecified atom stereocenters. The lowest BCUT2D eigenvalue weighted by Gasteiger charge is -2.17. The molecule has 116 valence electrons. The van der Waals surface area contributed by atoms with Gasteiger partial charge < -0.3 is 10.6 Å². The molecule has 0 aliphatic rings. The summed E-state index contributed by atoms with van der Waals surface area (Å²) in [7, 11) is 0. The first-order valence-corrected chi connectivity index (χ1v) is 7.58. The van der Waals surface area contributed by atoms with E-state index >= 15 is 0 Å². The molecule has 0 aliphatic heterocycles. The molecule has 1 atom stereocenters. The smallest absolute Gasteiger partial charge is 0.246 e. The predicted molar refractivity (Wildman–Crippen MR) is 93.5 cm³/mol. The summed E-state index contributed by atoms with van der Waals surface area (Å²) in [6.07, 6.45) is 0. The number of hydrogen-bond donors (Lipinski definition) is 2. The van der Waals surface area contributed by atoms with Crippen LogP contribution < -0.4 is 10.6 Å². The molecule has 2 aromatic carbocycles. The molecule has 2 rings (SSSR count). The van der Waals surface area contributed by atoms with Gasteiger partial charge in [0.25, 0.3) is 0 Å². The Morgan fingerprint density at radius 2 is 1.64 bits per heavy atom. The summed E-state index contributed by atoms with van der Waals surface area (Å²) in [5.74, 6) is -0.0387. The molecule has 0 saturated carbocycles. The number of nitrogens with one attached hydrogen (secondary N) is 2. The van der Waals surface area contributed by atoms with E-state index in [-0.39, 0.29) is 11.9 Å². The van der Waals surface area contributed by atoms with Gasteiger partial charge in [-0.3, -0.25) is 4.79 Å². The number of hydrogen-bond acceptors (Lipinski definition) is 2. The summed E-state index contributed by atoms with van der Waals surface area (Å²) in [6.45, 7) is 10.1. The van der Waals surface area contributed by atoms with Gasteiger partial charge in [-0.1, -0.05) is 23.8 Å². The van der Waals surface area contributed by atoms with Crippen LogP contribution in [0.15, 0.2) is 36.4 Å². The molecule has 0 aliphatic carbocycles. The highest BCUT2D eigenvalue weighted by atomic mass is 16.2. The van der Waals surface area contributed by atoms with Crippen LogP contribution in [0.1, 0.15) is 29.2 Å². The zero-order valence-corrected chi connectivity index (χ0v) is 13.9. The fourth-order valence-electron chi connectivity index (χ4n) is 2.34. The molecule has 3 heteroatoms. The quantitative estimate of drug-likeness (QED) is 0.880. The zero-order valence-electron chi connectivity index (χ0n) is 13.9. The minimum atomic E-state index is -0.303. The molecule has 0 bridgehead atoms. The predicted octanol–water partition coefficient (Wildman–Crippen LogP) is 4.36. The molecule has 0 aromatic heterocycles. The van der Waals surface area contributed by atoms with Crippen LogP contribution in [0.3, 0.4) is 0 Å². The Bertz CT molecular complexity index is 692. The maximum Gasteiger partial charge on any atom is 0.246 e. The van der Waals surface area contributed by atoms with Gasteiger partial charge in [0, 0.05) is 11.4 Å². The van der Waals surface area contributed by atoms with Gasteiger partial charge >= 0.3 is 0 Å². The van der Waals surface area contributed by atoms with Crippen molar-refractivity contribution in [3.8, 4) is 0 Å². The molecule has 3 nitrogen and oxygen atoms in total. The Kier molecular flexibility index (Phi) is 4.86. The molecule has 2 N–H and O–H groups in total. The Morgan fingerprint density at radius 1 is 0.909 bits per heavy atom. The fraction of sp³-hybridized carbons (Fsp3) is 0.316.